The summed E-state index contributed by atoms with van der Waals surface area (Å²) in [5.41, 5.74) is 6.67. The van der Waals surface area contributed by atoms with Crippen LogP contribution in [-0.4, -0.2) is 29.9 Å². The third kappa shape index (κ3) is 3.45. The number of likely N-dealkylation sites (tertiary alicyclic amines) is 1. The molecule has 106 valence electrons. The lowest BCUT2D eigenvalue weighted by molar-refractivity contribution is 0.0623. The topological polar surface area (TPSA) is 46.3 Å². The highest BCUT2D eigenvalue weighted by atomic mass is 35.5. The molecule has 1 aliphatic rings. The van der Waals surface area contributed by atoms with Gasteiger partial charge in [0.1, 0.15) is 5.82 Å². The van der Waals surface area contributed by atoms with Crippen molar-refractivity contribution in [3.05, 3.63) is 35.1 Å². The summed E-state index contributed by atoms with van der Waals surface area (Å²) in [6, 6.07) is 4.74. The Kier molecular flexibility index (Phi) is 5.76. The molecule has 1 aliphatic heterocycles. The summed E-state index contributed by atoms with van der Waals surface area (Å²) in [4.78, 5) is 14.1. The number of hydrogen-bond acceptors (Lipinski definition) is 2. The van der Waals surface area contributed by atoms with E-state index in [1.54, 1.807) is 24.0 Å². The van der Waals surface area contributed by atoms with Gasteiger partial charge < -0.3 is 10.6 Å². The molecule has 0 spiro atoms. The van der Waals surface area contributed by atoms with E-state index in [1.807, 2.05) is 0 Å². The normalized spacial score (nSPS) is 18.9. The minimum absolute atomic E-state index is 0. The minimum Gasteiger partial charge on any atom is -0.334 e. The number of piperidine rings is 1. The molecule has 1 heterocycles. The molecular weight excluding hydrogens is 267 g/mol. The van der Waals surface area contributed by atoms with E-state index in [1.165, 1.54) is 6.07 Å². The van der Waals surface area contributed by atoms with E-state index in [4.69, 9.17) is 5.73 Å². The Balaban J connectivity index is 0.00000180. The van der Waals surface area contributed by atoms with E-state index < -0.39 is 0 Å². The van der Waals surface area contributed by atoms with Gasteiger partial charge in [0.2, 0.25) is 0 Å². The second-order valence-corrected chi connectivity index (χ2v) is 4.85. The second kappa shape index (κ2) is 6.87. The Morgan fingerprint density at radius 2 is 2.21 bits per heavy atom. The monoisotopic (exact) mass is 286 g/mol. The van der Waals surface area contributed by atoms with Crippen molar-refractivity contribution in [1.29, 1.82) is 0 Å². The molecule has 1 amide bonds. The molecule has 1 fully saturated rings. The van der Waals surface area contributed by atoms with Crippen LogP contribution in [0.4, 0.5) is 4.39 Å². The smallest absolute Gasteiger partial charge is 0.254 e. The molecule has 2 N–H and O–H groups in total. The van der Waals surface area contributed by atoms with E-state index >= 15 is 0 Å². The van der Waals surface area contributed by atoms with Crippen LogP contribution in [0.2, 0.25) is 0 Å². The molecule has 1 saturated heterocycles. The standard InChI is InChI=1S/C14H19FN2O.ClH/c1-10-5-6-11(8-13(10)15)14(18)17-7-3-2-4-12(17)9-16;/h5-6,8,12H,2-4,7,9,16H2,1H3;1H. The number of nitrogens with zero attached hydrogens (tertiary/aromatic N) is 1. The zero-order valence-electron chi connectivity index (χ0n) is 11.1. The largest absolute Gasteiger partial charge is 0.334 e. The van der Waals surface area contributed by atoms with E-state index in [-0.39, 0.29) is 30.2 Å². The summed E-state index contributed by atoms with van der Waals surface area (Å²) >= 11 is 0. The molecule has 0 bridgehead atoms. The average molecular weight is 287 g/mol. The van der Waals surface area contributed by atoms with Crippen molar-refractivity contribution >= 4 is 18.3 Å². The maximum absolute atomic E-state index is 13.5. The summed E-state index contributed by atoms with van der Waals surface area (Å²) in [5, 5.41) is 0. The van der Waals surface area contributed by atoms with E-state index in [9.17, 15) is 9.18 Å². The molecule has 0 aromatic heterocycles. The molecule has 0 aliphatic carbocycles. The van der Waals surface area contributed by atoms with Gasteiger partial charge in [-0.3, -0.25) is 4.79 Å². The van der Waals surface area contributed by atoms with Crippen molar-refractivity contribution in [3.8, 4) is 0 Å². The number of carbonyl (C=O) groups excluding carboxylic acids is 1. The number of nitrogens with two attached hydrogens (primary N) is 1. The van der Waals surface area contributed by atoms with Crippen LogP contribution in [0.5, 0.6) is 0 Å². The van der Waals surface area contributed by atoms with Crippen molar-refractivity contribution in [2.75, 3.05) is 13.1 Å². The third-order valence-corrected chi connectivity index (χ3v) is 3.58. The predicted molar refractivity (Wildman–Crippen MR) is 76.1 cm³/mol. The van der Waals surface area contributed by atoms with Crippen molar-refractivity contribution in [3.63, 3.8) is 0 Å². The van der Waals surface area contributed by atoms with Gasteiger partial charge in [-0.2, -0.15) is 0 Å². The van der Waals surface area contributed by atoms with Crippen molar-refractivity contribution in [1.82, 2.24) is 4.90 Å². The molecule has 3 nitrogen and oxygen atoms in total. The van der Waals surface area contributed by atoms with Crippen molar-refractivity contribution in [2.24, 2.45) is 5.73 Å². The van der Waals surface area contributed by atoms with Gasteiger partial charge in [0.05, 0.1) is 0 Å². The summed E-state index contributed by atoms with van der Waals surface area (Å²) in [5.74, 6) is -0.439. The summed E-state index contributed by atoms with van der Waals surface area (Å²) in [6.07, 6.45) is 3.04. The van der Waals surface area contributed by atoms with Crippen LogP contribution in [0.15, 0.2) is 18.2 Å². The van der Waals surface area contributed by atoms with E-state index in [2.05, 4.69) is 0 Å². The van der Waals surface area contributed by atoms with Crippen molar-refractivity contribution in [2.45, 2.75) is 32.2 Å². The third-order valence-electron chi connectivity index (χ3n) is 3.58. The molecular formula is C14H20ClFN2O. The zero-order chi connectivity index (χ0) is 13.1. The number of benzene rings is 1. The van der Waals surface area contributed by atoms with Crippen LogP contribution >= 0.6 is 12.4 Å². The molecule has 2 rings (SSSR count). The zero-order valence-corrected chi connectivity index (χ0v) is 11.9. The molecule has 5 heteroatoms. The van der Waals surface area contributed by atoms with Crippen LogP contribution in [0, 0.1) is 12.7 Å². The molecule has 0 saturated carbocycles. The number of halogens is 2. The Morgan fingerprint density at radius 1 is 1.47 bits per heavy atom. The number of carbonyl (C=O) groups is 1. The fourth-order valence-electron chi connectivity index (χ4n) is 2.40. The molecule has 1 atom stereocenters. The van der Waals surface area contributed by atoms with Gasteiger partial charge in [-0.15, -0.1) is 12.4 Å². The lowest BCUT2D eigenvalue weighted by Gasteiger charge is -2.35. The minimum atomic E-state index is -0.331. The molecule has 1 aromatic carbocycles. The number of hydrogen-bond donors (Lipinski definition) is 1. The maximum Gasteiger partial charge on any atom is 0.254 e. The highest BCUT2D eigenvalue weighted by Gasteiger charge is 2.26. The Bertz CT molecular complexity index is 453. The fourth-order valence-corrected chi connectivity index (χ4v) is 2.40. The quantitative estimate of drug-likeness (QED) is 0.908. The second-order valence-electron chi connectivity index (χ2n) is 4.85. The maximum atomic E-state index is 13.5. The average Bonchev–Trinajstić information content (AvgIpc) is 2.41. The Labute approximate surface area is 119 Å². The van der Waals surface area contributed by atoms with Gasteiger partial charge in [-0.1, -0.05) is 6.07 Å². The first-order valence-corrected chi connectivity index (χ1v) is 6.40. The lowest BCUT2D eigenvalue weighted by atomic mass is 10.0. The van der Waals surface area contributed by atoms with Crippen LogP contribution in [0.25, 0.3) is 0 Å². The lowest BCUT2D eigenvalue weighted by Crippen LogP contribution is -2.47. The van der Waals surface area contributed by atoms with Crippen LogP contribution < -0.4 is 5.73 Å². The number of amides is 1. The van der Waals surface area contributed by atoms with Gasteiger partial charge in [0, 0.05) is 24.7 Å². The first-order chi connectivity index (χ1) is 8.63. The summed E-state index contributed by atoms with van der Waals surface area (Å²) < 4.78 is 13.5. The van der Waals surface area contributed by atoms with Crippen LogP contribution in [-0.2, 0) is 0 Å². The van der Waals surface area contributed by atoms with Gasteiger partial charge in [0.15, 0.2) is 0 Å². The first-order valence-electron chi connectivity index (χ1n) is 6.40. The van der Waals surface area contributed by atoms with E-state index in [0.717, 1.165) is 25.8 Å². The SMILES string of the molecule is Cc1ccc(C(=O)N2CCCCC2CN)cc1F.Cl. The molecule has 19 heavy (non-hydrogen) atoms. The van der Waals surface area contributed by atoms with E-state index in [0.29, 0.717) is 17.7 Å². The fraction of sp³-hybridized carbons (Fsp3) is 0.500. The van der Waals surface area contributed by atoms with Gasteiger partial charge in [-0.25, -0.2) is 4.39 Å². The highest BCUT2D eigenvalue weighted by Crippen LogP contribution is 2.20. The summed E-state index contributed by atoms with van der Waals surface area (Å²) in [6.45, 7) is 2.88. The number of rotatable bonds is 2. The van der Waals surface area contributed by atoms with Crippen LogP contribution in [0.1, 0.15) is 35.2 Å². The Hall–Kier alpha value is -1.13. The predicted octanol–water partition coefficient (Wildman–Crippen LogP) is 2.51. The molecule has 1 unspecified atom stereocenters. The first kappa shape index (κ1) is 15.9. The molecule has 1 aromatic rings. The van der Waals surface area contributed by atoms with Gasteiger partial charge in [-0.05, 0) is 43.9 Å². The summed E-state index contributed by atoms with van der Waals surface area (Å²) in [7, 11) is 0. The van der Waals surface area contributed by atoms with Crippen LogP contribution in [0.3, 0.4) is 0 Å². The van der Waals surface area contributed by atoms with Gasteiger partial charge in [0.25, 0.3) is 5.91 Å². The highest BCUT2D eigenvalue weighted by molar-refractivity contribution is 5.94. The molecule has 0 radical (unpaired) electrons. The number of aryl methyl sites for hydroxylation is 1. The Morgan fingerprint density at radius 3 is 2.84 bits per heavy atom. The van der Waals surface area contributed by atoms with Crippen molar-refractivity contribution < 1.29 is 9.18 Å². The van der Waals surface area contributed by atoms with Gasteiger partial charge >= 0.3 is 0 Å².